The minimum atomic E-state index is -2.38. The molecule has 1 aromatic heterocycles. The van der Waals surface area contributed by atoms with Gasteiger partial charge in [-0.25, -0.2) is 0 Å². The van der Waals surface area contributed by atoms with Crippen LogP contribution in [0.15, 0.2) is 16.5 Å². The van der Waals surface area contributed by atoms with Gasteiger partial charge in [-0.15, -0.1) is 0 Å². The van der Waals surface area contributed by atoms with Crippen molar-refractivity contribution in [2.24, 2.45) is 11.7 Å². The number of rotatable bonds is 7. The fourth-order valence-corrected chi connectivity index (χ4v) is 3.01. The summed E-state index contributed by atoms with van der Waals surface area (Å²) in [5, 5.41) is 3.37. The van der Waals surface area contributed by atoms with Gasteiger partial charge in [0, 0.05) is 12.0 Å². The van der Waals surface area contributed by atoms with Crippen LogP contribution in [0.2, 0.25) is 0 Å². The van der Waals surface area contributed by atoms with E-state index in [1.807, 2.05) is 6.07 Å². The molecule has 1 heterocycles. The van der Waals surface area contributed by atoms with Crippen LogP contribution in [0, 0.1) is 5.92 Å². The molecular weight excluding hydrogens is 298 g/mol. The molecule has 0 atom stereocenters. The van der Waals surface area contributed by atoms with Gasteiger partial charge in [-0.2, -0.15) is 8.78 Å². The number of nitrogens with two attached hydrogens (primary N) is 1. The minimum Gasteiger partial charge on any atom is -0.464 e. The number of amides is 1. The summed E-state index contributed by atoms with van der Waals surface area (Å²) in [7, 11) is 0. The Morgan fingerprint density at radius 2 is 2.00 bits per heavy atom. The molecule has 0 aromatic carbocycles. The summed E-state index contributed by atoms with van der Waals surface area (Å²) in [5.74, 6) is -1.09. The molecule has 0 saturated heterocycles. The lowest BCUT2D eigenvalue weighted by atomic mass is 9.85. The number of hydrogen-bond acceptors (Lipinski definition) is 4. The van der Waals surface area contributed by atoms with Crippen LogP contribution in [0.1, 0.15) is 37.2 Å². The highest BCUT2D eigenvalue weighted by molar-refractivity contribution is 7.98. The highest BCUT2D eigenvalue weighted by Crippen LogP contribution is 2.25. The molecule has 4 nitrogen and oxygen atoms in total. The molecule has 1 saturated carbocycles. The predicted molar refractivity (Wildman–Crippen MR) is 77.8 cm³/mol. The van der Waals surface area contributed by atoms with Gasteiger partial charge in [-0.3, -0.25) is 4.79 Å². The van der Waals surface area contributed by atoms with Crippen molar-refractivity contribution >= 4 is 17.7 Å². The van der Waals surface area contributed by atoms with Crippen molar-refractivity contribution < 1.29 is 18.0 Å². The van der Waals surface area contributed by atoms with Crippen molar-refractivity contribution in [3.05, 3.63) is 23.7 Å². The second-order valence-electron chi connectivity index (χ2n) is 5.27. The molecule has 118 valence electrons. The Hall–Kier alpha value is -1.08. The summed E-state index contributed by atoms with van der Waals surface area (Å²) in [5.41, 5.74) is 5.30. The summed E-state index contributed by atoms with van der Waals surface area (Å²) in [6, 6.07) is 3.89. The van der Waals surface area contributed by atoms with Gasteiger partial charge in [-0.05, 0) is 37.8 Å². The Labute approximate surface area is 126 Å². The summed E-state index contributed by atoms with van der Waals surface area (Å²) >= 11 is 0.555. The van der Waals surface area contributed by atoms with E-state index in [0.29, 0.717) is 30.1 Å². The van der Waals surface area contributed by atoms with Crippen LogP contribution in [-0.4, -0.2) is 17.7 Å². The third-order valence-corrected chi connectivity index (χ3v) is 4.47. The zero-order valence-electron chi connectivity index (χ0n) is 11.7. The van der Waals surface area contributed by atoms with E-state index in [-0.39, 0.29) is 17.6 Å². The van der Waals surface area contributed by atoms with Gasteiger partial charge in [0.15, 0.2) is 0 Å². The standard InChI is InChI=1S/C14H20F2N2O2S/c15-14(16)21-8-12-6-5-11(20-12)7-18-10-3-1-9(2-4-10)13(17)19/h5-6,9-10,14,18H,1-4,7-8H2,(H2,17,19). The average molecular weight is 318 g/mol. The molecule has 0 radical (unpaired) electrons. The summed E-state index contributed by atoms with van der Waals surface area (Å²) in [6.07, 6.45) is 3.48. The first kappa shape index (κ1) is 16.3. The number of carbonyl (C=O) groups excluding carboxylic acids is 1. The predicted octanol–water partition coefficient (Wildman–Crippen LogP) is 2.87. The molecule has 0 aliphatic heterocycles. The Morgan fingerprint density at radius 3 is 2.62 bits per heavy atom. The first-order chi connectivity index (χ1) is 10.0. The van der Waals surface area contributed by atoms with E-state index in [1.165, 1.54) is 0 Å². The third-order valence-electron chi connectivity index (χ3n) is 3.76. The first-order valence-corrected chi connectivity index (χ1v) is 8.09. The third kappa shape index (κ3) is 5.32. The molecule has 1 fully saturated rings. The fraction of sp³-hybridized carbons (Fsp3) is 0.643. The highest BCUT2D eigenvalue weighted by atomic mass is 32.2. The molecule has 0 spiro atoms. The number of carbonyl (C=O) groups is 1. The number of alkyl halides is 2. The summed E-state index contributed by atoms with van der Waals surface area (Å²) < 4.78 is 29.7. The van der Waals surface area contributed by atoms with Crippen molar-refractivity contribution in [2.75, 3.05) is 0 Å². The number of hydrogen-bond donors (Lipinski definition) is 2. The average Bonchev–Trinajstić information content (AvgIpc) is 2.91. The minimum absolute atomic E-state index is 0.00429. The number of thioether (sulfide) groups is 1. The second kappa shape index (κ2) is 7.79. The maximum absolute atomic E-state index is 12.1. The molecule has 0 bridgehead atoms. The van der Waals surface area contributed by atoms with E-state index in [2.05, 4.69) is 5.32 Å². The maximum Gasteiger partial charge on any atom is 0.284 e. The van der Waals surface area contributed by atoms with Crippen LogP contribution in [0.25, 0.3) is 0 Å². The molecule has 3 N–H and O–H groups in total. The Bertz CT molecular complexity index is 460. The smallest absolute Gasteiger partial charge is 0.284 e. The lowest BCUT2D eigenvalue weighted by Gasteiger charge is -2.27. The quantitative estimate of drug-likeness (QED) is 0.811. The lowest BCUT2D eigenvalue weighted by Crippen LogP contribution is -2.36. The van der Waals surface area contributed by atoms with Crippen molar-refractivity contribution in [1.82, 2.24) is 5.32 Å². The second-order valence-corrected chi connectivity index (χ2v) is 6.25. The molecule has 1 aromatic rings. The van der Waals surface area contributed by atoms with Crippen LogP contribution in [-0.2, 0) is 17.1 Å². The maximum atomic E-state index is 12.1. The normalized spacial score (nSPS) is 22.6. The van der Waals surface area contributed by atoms with Crippen molar-refractivity contribution in [2.45, 2.75) is 49.8 Å². The summed E-state index contributed by atoms with van der Waals surface area (Å²) in [4.78, 5) is 11.1. The largest absolute Gasteiger partial charge is 0.464 e. The number of primary amides is 1. The molecule has 21 heavy (non-hydrogen) atoms. The van der Waals surface area contributed by atoms with Crippen molar-refractivity contribution in [3.63, 3.8) is 0 Å². The molecular formula is C14H20F2N2O2S. The van der Waals surface area contributed by atoms with Gasteiger partial charge in [0.25, 0.3) is 5.76 Å². The van der Waals surface area contributed by atoms with Gasteiger partial charge < -0.3 is 15.5 Å². The van der Waals surface area contributed by atoms with E-state index in [9.17, 15) is 13.6 Å². The van der Waals surface area contributed by atoms with E-state index >= 15 is 0 Å². The fourth-order valence-electron chi connectivity index (χ4n) is 2.57. The zero-order valence-corrected chi connectivity index (χ0v) is 12.5. The van der Waals surface area contributed by atoms with Gasteiger partial charge in [0.05, 0.1) is 12.3 Å². The van der Waals surface area contributed by atoms with Crippen LogP contribution >= 0.6 is 11.8 Å². The van der Waals surface area contributed by atoms with Crippen LogP contribution < -0.4 is 11.1 Å². The topological polar surface area (TPSA) is 68.3 Å². The Balaban J connectivity index is 1.70. The monoisotopic (exact) mass is 318 g/mol. The van der Waals surface area contributed by atoms with Gasteiger partial charge in [0.1, 0.15) is 11.5 Å². The number of nitrogens with one attached hydrogen (secondary N) is 1. The SMILES string of the molecule is NC(=O)C1CCC(NCc2ccc(CSC(F)F)o2)CC1. The lowest BCUT2D eigenvalue weighted by molar-refractivity contribution is -0.122. The van der Waals surface area contributed by atoms with E-state index in [4.69, 9.17) is 10.2 Å². The number of halogens is 2. The van der Waals surface area contributed by atoms with Crippen molar-refractivity contribution in [1.29, 1.82) is 0 Å². The van der Waals surface area contributed by atoms with Crippen LogP contribution in [0.5, 0.6) is 0 Å². The zero-order chi connectivity index (χ0) is 15.2. The van der Waals surface area contributed by atoms with Crippen LogP contribution in [0.3, 0.4) is 0 Å². The Kier molecular flexibility index (Phi) is 6.05. The van der Waals surface area contributed by atoms with Crippen LogP contribution in [0.4, 0.5) is 8.78 Å². The summed E-state index contributed by atoms with van der Waals surface area (Å²) in [6.45, 7) is 0.575. The van der Waals surface area contributed by atoms with Gasteiger partial charge in [0.2, 0.25) is 5.91 Å². The molecule has 1 aliphatic rings. The molecule has 1 aliphatic carbocycles. The highest BCUT2D eigenvalue weighted by Gasteiger charge is 2.24. The first-order valence-electron chi connectivity index (χ1n) is 7.04. The van der Waals surface area contributed by atoms with E-state index in [1.54, 1.807) is 6.07 Å². The molecule has 0 unspecified atom stereocenters. The van der Waals surface area contributed by atoms with E-state index < -0.39 is 5.76 Å². The van der Waals surface area contributed by atoms with Gasteiger partial charge >= 0.3 is 0 Å². The van der Waals surface area contributed by atoms with Gasteiger partial charge in [-0.1, -0.05) is 11.8 Å². The molecule has 2 rings (SSSR count). The number of furan rings is 1. The van der Waals surface area contributed by atoms with Crippen molar-refractivity contribution in [3.8, 4) is 0 Å². The van der Waals surface area contributed by atoms with E-state index in [0.717, 1.165) is 31.4 Å². The Morgan fingerprint density at radius 1 is 1.33 bits per heavy atom. The molecule has 7 heteroatoms. The molecule has 1 amide bonds.